The van der Waals surface area contributed by atoms with E-state index in [-0.39, 0.29) is 36.9 Å². The van der Waals surface area contributed by atoms with E-state index in [1.807, 2.05) is 20.8 Å². The van der Waals surface area contributed by atoms with Crippen LogP contribution in [-0.2, 0) is 14.8 Å². The molecule has 102 valence electrons. The topological polar surface area (TPSA) is 101 Å². The molecule has 0 aromatic rings. The number of sulfonamides is 1. The van der Waals surface area contributed by atoms with E-state index in [1.165, 1.54) is 0 Å². The van der Waals surface area contributed by atoms with Crippen molar-refractivity contribution in [2.24, 2.45) is 11.1 Å². The Morgan fingerprint density at radius 1 is 1.29 bits per heavy atom. The highest BCUT2D eigenvalue weighted by Crippen LogP contribution is 2.19. The highest BCUT2D eigenvalue weighted by atomic mass is 32.2. The molecule has 6 nitrogen and oxygen atoms in total. The minimum Gasteiger partial charge on any atom is -0.355 e. The Bertz CT molecular complexity index is 346. The van der Waals surface area contributed by atoms with Crippen LogP contribution in [0.5, 0.6) is 0 Å². The molecule has 0 aliphatic heterocycles. The average molecular weight is 265 g/mol. The molecule has 0 aromatic carbocycles. The fraction of sp³-hybridized carbons (Fsp3) is 0.900. The highest BCUT2D eigenvalue weighted by molar-refractivity contribution is 7.88. The van der Waals surface area contributed by atoms with E-state index in [0.29, 0.717) is 0 Å². The summed E-state index contributed by atoms with van der Waals surface area (Å²) < 4.78 is 23.8. The largest absolute Gasteiger partial charge is 0.355 e. The van der Waals surface area contributed by atoms with E-state index >= 15 is 0 Å². The summed E-state index contributed by atoms with van der Waals surface area (Å²) in [6, 6.07) is -0.217. The molecule has 0 heterocycles. The molecule has 0 radical (unpaired) electrons. The van der Waals surface area contributed by atoms with E-state index in [4.69, 9.17) is 5.73 Å². The lowest BCUT2D eigenvalue weighted by Gasteiger charge is -2.26. The van der Waals surface area contributed by atoms with Gasteiger partial charge in [-0.1, -0.05) is 20.8 Å². The number of carbonyl (C=O) groups excluding carboxylic acids is 1. The molecule has 0 saturated heterocycles. The molecule has 0 rings (SSSR count). The molecule has 0 aromatic heterocycles. The van der Waals surface area contributed by atoms with Gasteiger partial charge in [-0.05, 0) is 5.41 Å². The number of nitrogens with one attached hydrogen (secondary N) is 2. The van der Waals surface area contributed by atoms with Crippen LogP contribution in [0.3, 0.4) is 0 Å². The molecule has 4 N–H and O–H groups in total. The predicted molar refractivity (Wildman–Crippen MR) is 67.9 cm³/mol. The molecule has 0 spiro atoms. The van der Waals surface area contributed by atoms with Gasteiger partial charge in [-0.25, -0.2) is 13.1 Å². The second-order valence-electron chi connectivity index (χ2n) is 5.19. The van der Waals surface area contributed by atoms with Crippen molar-refractivity contribution in [1.82, 2.24) is 10.0 Å². The first-order valence-electron chi connectivity index (χ1n) is 5.49. The zero-order valence-corrected chi connectivity index (χ0v) is 11.7. The summed E-state index contributed by atoms with van der Waals surface area (Å²) in [6.07, 6.45) is 1.31. The minimum absolute atomic E-state index is 0.123. The zero-order chi connectivity index (χ0) is 13.7. The summed E-state index contributed by atoms with van der Waals surface area (Å²) in [5, 5.41) is 2.61. The van der Waals surface area contributed by atoms with Crippen LogP contribution in [0.4, 0.5) is 0 Å². The van der Waals surface area contributed by atoms with Crippen molar-refractivity contribution in [3.05, 3.63) is 0 Å². The fourth-order valence-corrected chi connectivity index (χ4v) is 1.49. The van der Waals surface area contributed by atoms with Crippen LogP contribution in [-0.4, -0.2) is 39.7 Å². The Kier molecular flexibility index (Phi) is 6.08. The fourth-order valence-electron chi connectivity index (χ4n) is 1.02. The maximum absolute atomic E-state index is 11.5. The lowest BCUT2D eigenvalue weighted by Crippen LogP contribution is -2.41. The third-order valence-corrected chi connectivity index (χ3v) is 3.06. The third-order valence-electron chi connectivity index (χ3n) is 2.33. The summed E-state index contributed by atoms with van der Waals surface area (Å²) >= 11 is 0. The highest BCUT2D eigenvalue weighted by Gasteiger charge is 2.22. The molecule has 0 saturated carbocycles. The first-order valence-corrected chi connectivity index (χ1v) is 7.38. The molecule has 0 aliphatic carbocycles. The molecular formula is C10H23N3O3S. The van der Waals surface area contributed by atoms with Gasteiger partial charge in [0.25, 0.3) is 0 Å². The lowest BCUT2D eigenvalue weighted by molar-refractivity contribution is -0.121. The van der Waals surface area contributed by atoms with Gasteiger partial charge in [-0.15, -0.1) is 0 Å². The number of nitrogens with two attached hydrogens (primary N) is 1. The van der Waals surface area contributed by atoms with Gasteiger partial charge in [0.2, 0.25) is 15.9 Å². The smallest absolute Gasteiger partial charge is 0.221 e. The quantitative estimate of drug-likeness (QED) is 0.559. The van der Waals surface area contributed by atoms with E-state index < -0.39 is 10.0 Å². The SMILES string of the molecule is CC(C)(C)C(N)CC(=O)NCCNS(C)(=O)=O. The molecule has 1 atom stereocenters. The molecular weight excluding hydrogens is 242 g/mol. The van der Waals surface area contributed by atoms with Crippen LogP contribution in [0.15, 0.2) is 0 Å². The van der Waals surface area contributed by atoms with Crippen molar-refractivity contribution in [1.29, 1.82) is 0 Å². The van der Waals surface area contributed by atoms with E-state index in [1.54, 1.807) is 0 Å². The van der Waals surface area contributed by atoms with Crippen LogP contribution >= 0.6 is 0 Å². The standard InChI is InChI=1S/C10H23N3O3S/c1-10(2,3)8(11)7-9(14)12-5-6-13-17(4,15)16/h8,13H,5-7,11H2,1-4H3,(H,12,14). The van der Waals surface area contributed by atoms with Gasteiger partial charge in [0, 0.05) is 25.6 Å². The van der Waals surface area contributed by atoms with Crippen molar-refractivity contribution >= 4 is 15.9 Å². The van der Waals surface area contributed by atoms with Crippen molar-refractivity contribution < 1.29 is 13.2 Å². The van der Waals surface area contributed by atoms with Gasteiger partial charge >= 0.3 is 0 Å². The van der Waals surface area contributed by atoms with Crippen LogP contribution in [0, 0.1) is 5.41 Å². The summed E-state index contributed by atoms with van der Waals surface area (Å²) in [6.45, 7) is 6.36. The Morgan fingerprint density at radius 2 is 1.82 bits per heavy atom. The molecule has 0 aliphatic rings. The minimum atomic E-state index is -3.19. The predicted octanol–water partition coefficient (Wildman–Crippen LogP) is -0.585. The van der Waals surface area contributed by atoms with E-state index in [9.17, 15) is 13.2 Å². The Hall–Kier alpha value is -0.660. The van der Waals surface area contributed by atoms with Crippen molar-refractivity contribution in [3.63, 3.8) is 0 Å². The zero-order valence-electron chi connectivity index (χ0n) is 10.9. The van der Waals surface area contributed by atoms with E-state index in [2.05, 4.69) is 10.0 Å². The van der Waals surface area contributed by atoms with Crippen molar-refractivity contribution in [2.75, 3.05) is 19.3 Å². The molecule has 0 bridgehead atoms. The molecule has 1 unspecified atom stereocenters. The van der Waals surface area contributed by atoms with Crippen LogP contribution in [0.2, 0.25) is 0 Å². The second kappa shape index (κ2) is 6.32. The number of rotatable bonds is 6. The summed E-state index contributed by atoms with van der Waals surface area (Å²) in [7, 11) is -3.19. The normalized spacial score (nSPS) is 14.4. The van der Waals surface area contributed by atoms with Crippen molar-refractivity contribution in [2.45, 2.75) is 33.2 Å². The van der Waals surface area contributed by atoms with Gasteiger partial charge in [0.1, 0.15) is 0 Å². The Balaban J connectivity index is 3.82. The number of hydrogen-bond donors (Lipinski definition) is 3. The van der Waals surface area contributed by atoms with Crippen LogP contribution in [0.25, 0.3) is 0 Å². The van der Waals surface area contributed by atoms with Gasteiger partial charge in [0.05, 0.1) is 6.26 Å². The molecule has 1 amide bonds. The monoisotopic (exact) mass is 265 g/mol. The second-order valence-corrected chi connectivity index (χ2v) is 7.03. The van der Waals surface area contributed by atoms with Gasteiger partial charge in [-0.3, -0.25) is 4.79 Å². The average Bonchev–Trinajstić information content (AvgIpc) is 2.09. The van der Waals surface area contributed by atoms with Crippen LogP contribution < -0.4 is 15.8 Å². The Labute approximate surface area is 103 Å². The first kappa shape index (κ1) is 16.3. The lowest BCUT2D eigenvalue weighted by atomic mass is 9.85. The number of carbonyl (C=O) groups is 1. The maximum Gasteiger partial charge on any atom is 0.221 e. The Morgan fingerprint density at radius 3 is 2.24 bits per heavy atom. The van der Waals surface area contributed by atoms with Crippen molar-refractivity contribution in [3.8, 4) is 0 Å². The van der Waals surface area contributed by atoms with Gasteiger partial charge in [0.15, 0.2) is 0 Å². The summed E-state index contributed by atoms with van der Waals surface area (Å²) in [5.41, 5.74) is 5.73. The molecule has 0 fully saturated rings. The number of amides is 1. The third kappa shape index (κ3) is 9.08. The summed E-state index contributed by atoms with van der Waals surface area (Å²) in [4.78, 5) is 11.5. The van der Waals surface area contributed by atoms with Crippen LogP contribution in [0.1, 0.15) is 27.2 Å². The maximum atomic E-state index is 11.5. The summed E-state index contributed by atoms with van der Waals surface area (Å²) in [5.74, 6) is -0.164. The first-order chi connectivity index (χ1) is 7.52. The molecule has 7 heteroatoms. The molecule has 17 heavy (non-hydrogen) atoms. The number of hydrogen-bond acceptors (Lipinski definition) is 4. The van der Waals surface area contributed by atoms with Gasteiger partial charge in [-0.2, -0.15) is 0 Å². The van der Waals surface area contributed by atoms with E-state index in [0.717, 1.165) is 6.26 Å². The van der Waals surface area contributed by atoms with Gasteiger partial charge < -0.3 is 11.1 Å².